The summed E-state index contributed by atoms with van der Waals surface area (Å²) in [6.07, 6.45) is 1.40. The van der Waals surface area contributed by atoms with Gasteiger partial charge in [-0.25, -0.2) is 9.37 Å². The molecule has 1 amide bonds. The normalized spacial score (nSPS) is 16.8. The predicted octanol–water partition coefficient (Wildman–Crippen LogP) is 6.95. The third-order valence-electron chi connectivity index (χ3n) is 7.98. The smallest absolute Gasteiger partial charge is 0.262 e. The quantitative estimate of drug-likeness (QED) is 0.214. The molecule has 0 aliphatic carbocycles. The van der Waals surface area contributed by atoms with Crippen LogP contribution in [0.5, 0.6) is 17.4 Å². The van der Waals surface area contributed by atoms with Crippen LogP contribution in [-0.4, -0.2) is 59.6 Å². The molecule has 1 aromatic heterocycles. The van der Waals surface area contributed by atoms with Gasteiger partial charge < -0.3 is 25.0 Å². The van der Waals surface area contributed by atoms with E-state index in [0.29, 0.717) is 47.3 Å². The molecule has 0 bridgehead atoms. The summed E-state index contributed by atoms with van der Waals surface area (Å²) >= 11 is 0. The van der Waals surface area contributed by atoms with Crippen LogP contribution >= 0.6 is 0 Å². The van der Waals surface area contributed by atoms with E-state index in [0.717, 1.165) is 24.2 Å². The molecule has 0 spiro atoms. The Morgan fingerprint density at radius 1 is 1.00 bits per heavy atom. The highest BCUT2D eigenvalue weighted by Gasteiger charge is 2.28. The van der Waals surface area contributed by atoms with Crippen molar-refractivity contribution in [2.75, 3.05) is 42.3 Å². The van der Waals surface area contributed by atoms with Crippen LogP contribution in [0, 0.1) is 19.7 Å². The Kier molecular flexibility index (Phi) is 9.29. The summed E-state index contributed by atoms with van der Waals surface area (Å²) in [5, 5.41) is 6.04. The first-order valence-electron chi connectivity index (χ1n) is 14.8. The van der Waals surface area contributed by atoms with Crippen molar-refractivity contribution < 1.29 is 18.7 Å². The van der Waals surface area contributed by atoms with Crippen molar-refractivity contribution >= 4 is 28.9 Å². The van der Waals surface area contributed by atoms with Crippen LogP contribution in [0.2, 0.25) is 0 Å². The molecular formula is C34H39FN6O3. The number of rotatable bonds is 9. The number of anilines is 4. The zero-order valence-corrected chi connectivity index (χ0v) is 26.0. The fourth-order valence-corrected chi connectivity index (χ4v) is 5.34. The molecular weight excluding hydrogens is 559 g/mol. The number of nitrogens with zero attached hydrogens (tertiary/aromatic N) is 4. The number of benzene rings is 3. The Morgan fingerprint density at radius 3 is 2.34 bits per heavy atom. The highest BCUT2D eigenvalue weighted by Crippen LogP contribution is 2.34. The highest BCUT2D eigenvalue weighted by atomic mass is 19.1. The first kappa shape index (κ1) is 30.7. The van der Waals surface area contributed by atoms with E-state index < -0.39 is 5.91 Å². The second kappa shape index (κ2) is 13.3. The molecule has 230 valence electrons. The molecule has 1 saturated heterocycles. The van der Waals surface area contributed by atoms with Gasteiger partial charge in [-0.1, -0.05) is 30.3 Å². The minimum absolute atomic E-state index is 0.0240. The number of piperazine rings is 1. The predicted molar refractivity (Wildman–Crippen MR) is 172 cm³/mol. The van der Waals surface area contributed by atoms with Gasteiger partial charge in [-0.05, 0) is 83.1 Å². The van der Waals surface area contributed by atoms with Gasteiger partial charge in [-0.2, -0.15) is 4.98 Å². The number of hydrogen-bond acceptors (Lipinski definition) is 8. The van der Waals surface area contributed by atoms with Gasteiger partial charge in [-0.15, -0.1) is 0 Å². The summed E-state index contributed by atoms with van der Waals surface area (Å²) in [4.78, 5) is 26.8. The van der Waals surface area contributed by atoms with Gasteiger partial charge in [-0.3, -0.25) is 9.69 Å². The minimum Gasteiger partial charge on any atom is -0.490 e. The fourth-order valence-electron chi connectivity index (χ4n) is 5.34. The number of carbonyl (C=O) groups excluding carboxylic acids is 1. The van der Waals surface area contributed by atoms with Crippen LogP contribution in [0.3, 0.4) is 0 Å². The number of para-hydroxylation sites is 3. The summed E-state index contributed by atoms with van der Waals surface area (Å²) in [5.74, 6) is 0.303. The lowest BCUT2D eigenvalue weighted by Crippen LogP contribution is -2.55. The van der Waals surface area contributed by atoms with Crippen molar-refractivity contribution in [2.24, 2.45) is 0 Å². The molecule has 2 heterocycles. The molecule has 10 heteroatoms. The topological polar surface area (TPSA) is 91.9 Å². The van der Waals surface area contributed by atoms with E-state index >= 15 is 4.39 Å². The van der Waals surface area contributed by atoms with Gasteiger partial charge in [0.1, 0.15) is 11.4 Å². The molecule has 44 heavy (non-hydrogen) atoms. The van der Waals surface area contributed by atoms with Gasteiger partial charge in [0.15, 0.2) is 11.5 Å². The Hall–Kier alpha value is -4.70. The summed E-state index contributed by atoms with van der Waals surface area (Å²) in [5.41, 5.74) is 3.71. The second-order valence-electron chi connectivity index (χ2n) is 11.2. The number of amides is 1. The maximum Gasteiger partial charge on any atom is 0.262 e. The Morgan fingerprint density at radius 2 is 1.68 bits per heavy atom. The Balaban J connectivity index is 1.44. The molecule has 1 aliphatic heterocycles. The standard InChI is InChI=1S/C34H39FN6O3/c1-7-43-29-13-8-9-14-30(29)44-33-26(32(42)38-31-21(2)11-10-12-22(31)3)18-36-34(39-33)37-25-15-16-28(27(35)17-25)41-19-23(4)40(6)24(5)20-41/h8-18,23-24H,7,19-20H2,1-6H3,(H,38,42)(H,36,37,39). The monoisotopic (exact) mass is 598 g/mol. The number of hydrogen-bond donors (Lipinski definition) is 2. The van der Waals surface area contributed by atoms with Gasteiger partial charge in [0.25, 0.3) is 5.91 Å². The number of carbonyl (C=O) groups is 1. The van der Waals surface area contributed by atoms with Crippen LogP contribution in [0.4, 0.5) is 27.4 Å². The summed E-state index contributed by atoms with van der Waals surface area (Å²) in [7, 11) is 2.10. The van der Waals surface area contributed by atoms with E-state index in [-0.39, 0.29) is 23.2 Å². The Bertz CT molecular complexity index is 1620. The van der Waals surface area contributed by atoms with Crippen LogP contribution in [0.25, 0.3) is 0 Å². The summed E-state index contributed by atoms with van der Waals surface area (Å²) in [6.45, 7) is 11.9. The number of aryl methyl sites for hydroxylation is 2. The Labute approximate surface area is 258 Å². The van der Waals surface area contributed by atoms with E-state index in [1.165, 1.54) is 12.3 Å². The zero-order chi connectivity index (χ0) is 31.4. The molecule has 1 aliphatic rings. The summed E-state index contributed by atoms with van der Waals surface area (Å²) in [6, 6.07) is 18.6. The highest BCUT2D eigenvalue weighted by molar-refractivity contribution is 6.06. The maximum absolute atomic E-state index is 15.4. The average Bonchev–Trinajstić information content (AvgIpc) is 2.99. The number of likely N-dealkylation sites (N-methyl/N-ethyl adjacent to an activating group) is 1. The first-order chi connectivity index (χ1) is 21.1. The van der Waals surface area contributed by atoms with E-state index in [2.05, 4.69) is 51.3 Å². The molecule has 0 radical (unpaired) electrons. The second-order valence-corrected chi connectivity index (χ2v) is 11.2. The fraction of sp³-hybridized carbons (Fsp3) is 0.324. The van der Waals surface area contributed by atoms with Gasteiger partial charge >= 0.3 is 0 Å². The summed E-state index contributed by atoms with van der Waals surface area (Å²) < 4.78 is 27.3. The third-order valence-corrected chi connectivity index (χ3v) is 7.98. The first-order valence-corrected chi connectivity index (χ1v) is 14.8. The molecule has 9 nitrogen and oxygen atoms in total. The van der Waals surface area contributed by atoms with Gasteiger partial charge in [0, 0.05) is 42.7 Å². The molecule has 2 atom stereocenters. The third kappa shape index (κ3) is 6.75. The van der Waals surface area contributed by atoms with Crippen LogP contribution in [0.15, 0.2) is 66.9 Å². The lowest BCUT2D eigenvalue weighted by Gasteiger charge is -2.43. The maximum atomic E-state index is 15.4. The number of ether oxygens (including phenoxy) is 2. The molecule has 4 aromatic rings. The number of nitrogens with one attached hydrogen (secondary N) is 2. The van der Waals surface area contributed by atoms with Crippen molar-refractivity contribution in [1.82, 2.24) is 14.9 Å². The van der Waals surface area contributed by atoms with Crippen molar-refractivity contribution in [3.05, 3.63) is 89.4 Å². The molecule has 2 N–H and O–H groups in total. The van der Waals surface area contributed by atoms with E-state index in [1.807, 2.05) is 45.0 Å². The van der Waals surface area contributed by atoms with Crippen LogP contribution in [-0.2, 0) is 0 Å². The van der Waals surface area contributed by atoms with E-state index in [4.69, 9.17) is 9.47 Å². The average molecular weight is 599 g/mol. The lowest BCUT2D eigenvalue weighted by molar-refractivity contribution is 0.102. The van der Waals surface area contributed by atoms with Crippen molar-refractivity contribution in [1.29, 1.82) is 0 Å². The van der Waals surface area contributed by atoms with Crippen molar-refractivity contribution in [3.8, 4) is 17.4 Å². The molecule has 2 unspecified atom stereocenters. The molecule has 5 rings (SSSR count). The molecule has 1 fully saturated rings. The number of aromatic nitrogens is 2. The van der Waals surface area contributed by atoms with Crippen molar-refractivity contribution in [3.63, 3.8) is 0 Å². The van der Waals surface area contributed by atoms with E-state index in [1.54, 1.807) is 30.3 Å². The van der Waals surface area contributed by atoms with Gasteiger partial charge in [0.2, 0.25) is 11.8 Å². The van der Waals surface area contributed by atoms with E-state index in [9.17, 15) is 4.79 Å². The van der Waals surface area contributed by atoms with Crippen LogP contribution < -0.4 is 25.0 Å². The largest absolute Gasteiger partial charge is 0.490 e. The molecule has 0 saturated carbocycles. The lowest BCUT2D eigenvalue weighted by atomic mass is 10.1. The van der Waals surface area contributed by atoms with Crippen LogP contribution in [0.1, 0.15) is 42.3 Å². The van der Waals surface area contributed by atoms with Crippen molar-refractivity contribution in [2.45, 2.75) is 46.7 Å². The van der Waals surface area contributed by atoms with Gasteiger partial charge in [0.05, 0.1) is 12.3 Å². The zero-order valence-electron chi connectivity index (χ0n) is 26.0. The SMILES string of the molecule is CCOc1ccccc1Oc1nc(Nc2ccc(N3CC(C)N(C)C(C)C3)c(F)c2)ncc1C(=O)Nc1c(C)cccc1C. The molecule has 3 aromatic carbocycles. The number of halogens is 1. The minimum atomic E-state index is -0.427.